The van der Waals surface area contributed by atoms with Gasteiger partial charge in [0.1, 0.15) is 23.5 Å². The summed E-state index contributed by atoms with van der Waals surface area (Å²) in [7, 11) is 0. The van der Waals surface area contributed by atoms with Gasteiger partial charge in [-0.05, 0) is 12.2 Å². The van der Waals surface area contributed by atoms with E-state index in [2.05, 4.69) is 0 Å². The molecule has 2 rings (SSSR count). The SMILES string of the molecule is NC1(N)C=CC=CC1OCCOC1C=CC=CC1(N)N. The van der Waals surface area contributed by atoms with Crippen molar-refractivity contribution in [1.29, 1.82) is 0 Å². The minimum absolute atomic E-state index is 0.350. The summed E-state index contributed by atoms with van der Waals surface area (Å²) in [5.74, 6) is 0. The van der Waals surface area contributed by atoms with Crippen molar-refractivity contribution in [3.05, 3.63) is 48.6 Å². The summed E-state index contributed by atoms with van der Waals surface area (Å²) in [6, 6.07) is 0. The third-order valence-electron chi connectivity index (χ3n) is 3.23. The van der Waals surface area contributed by atoms with E-state index in [1.165, 1.54) is 0 Å². The molecule has 0 aromatic heterocycles. The summed E-state index contributed by atoms with van der Waals surface area (Å²) in [6.07, 6.45) is 13.6. The second-order valence-electron chi connectivity index (χ2n) is 5.07. The Bertz CT molecular complexity index is 410. The average Bonchev–Trinajstić information content (AvgIpc) is 2.37. The number of hydrogen-bond acceptors (Lipinski definition) is 6. The van der Waals surface area contributed by atoms with Crippen molar-refractivity contribution in [2.24, 2.45) is 22.9 Å². The summed E-state index contributed by atoms with van der Waals surface area (Å²) in [5.41, 5.74) is 21.6. The van der Waals surface area contributed by atoms with Crippen LogP contribution in [0.2, 0.25) is 0 Å². The lowest BCUT2D eigenvalue weighted by atomic mass is 10.00. The fraction of sp³-hybridized carbons (Fsp3) is 0.429. The predicted molar refractivity (Wildman–Crippen MR) is 78.3 cm³/mol. The first kappa shape index (κ1) is 15.1. The van der Waals surface area contributed by atoms with Gasteiger partial charge in [-0.2, -0.15) is 0 Å². The van der Waals surface area contributed by atoms with E-state index >= 15 is 0 Å². The molecule has 8 N–H and O–H groups in total. The van der Waals surface area contributed by atoms with Crippen molar-refractivity contribution in [1.82, 2.24) is 0 Å². The maximum Gasteiger partial charge on any atom is 0.114 e. The first-order valence-electron chi connectivity index (χ1n) is 6.52. The highest BCUT2D eigenvalue weighted by Gasteiger charge is 2.30. The van der Waals surface area contributed by atoms with Crippen LogP contribution in [0, 0.1) is 0 Å². The Kier molecular flexibility index (Phi) is 4.54. The van der Waals surface area contributed by atoms with Crippen LogP contribution in [-0.4, -0.2) is 36.7 Å². The summed E-state index contributed by atoms with van der Waals surface area (Å²) in [4.78, 5) is 0. The van der Waals surface area contributed by atoms with Crippen LogP contribution < -0.4 is 22.9 Å². The molecule has 20 heavy (non-hydrogen) atoms. The second kappa shape index (κ2) is 6.01. The minimum Gasteiger partial charge on any atom is -0.368 e. The Morgan fingerprint density at radius 3 is 1.45 bits per heavy atom. The zero-order valence-corrected chi connectivity index (χ0v) is 11.3. The Labute approximate surface area is 118 Å². The lowest BCUT2D eigenvalue weighted by Gasteiger charge is -2.32. The van der Waals surface area contributed by atoms with E-state index in [4.69, 9.17) is 32.4 Å². The maximum absolute atomic E-state index is 5.90. The largest absolute Gasteiger partial charge is 0.368 e. The first-order valence-corrected chi connectivity index (χ1v) is 6.52. The Morgan fingerprint density at radius 1 is 0.700 bits per heavy atom. The molecule has 0 spiro atoms. The van der Waals surface area contributed by atoms with Gasteiger partial charge in [-0.25, -0.2) is 0 Å². The number of hydrogen-bond donors (Lipinski definition) is 4. The second-order valence-corrected chi connectivity index (χ2v) is 5.07. The van der Waals surface area contributed by atoms with E-state index in [1.807, 2.05) is 24.3 Å². The fourth-order valence-corrected chi connectivity index (χ4v) is 2.05. The molecule has 0 fully saturated rings. The molecule has 2 aliphatic rings. The topological polar surface area (TPSA) is 123 Å². The Morgan fingerprint density at radius 2 is 1.10 bits per heavy atom. The van der Waals surface area contributed by atoms with Crippen LogP contribution in [0.3, 0.4) is 0 Å². The van der Waals surface area contributed by atoms with Gasteiger partial charge in [-0.15, -0.1) is 0 Å². The van der Waals surface area contributed by atoms with Gasteiger partial charge in [0, 0.05) is 0 Å². The lowest BCUT2D eigenvalue weighted by Crippen LogP contribution is -2.59. The molecule has 110 valence electrons. The lowest BCUT2D eigenvalue weighted by molar-refractivity contribution is -0.0243. The van der Waals surface area contributed by atoms with Crippen LogP contribution in [0.5, 0.6) is 0 Å². The van der Waals surface area contributed by atoms with E-state index in [-0.39, 0.29) is 12.2 Å². The number of rotatable bonds is 5. The van der Waals surface area contributed by atoms with Crippen LogP contribution in [0.4, 0.5) is 0 Å². The van der Waals surface area contributed by atoms with Crippen molar-refractivity contribution in [3.63, 3.8) is 0 Å². The van der Waals surface area contributed by atoms with Crippen LogP contribution in [-0.2, 0) is 9.47 Å². The van der Waals surface area contributed by atoms with Crippen molar-refractivity contribution >= 4 is 0 Å². The van der Waals surface area contributed by atoms with E-state index < -0.39 is 11.3 Å². The van der Waals surface area contributed by atoms with Gasteiger partial charge in [0.15, 0.2) is 0 Å². The van der Waals surface area contributed by atoms with Gasteiger partial charge < -0.3 is 32.4 Å². The van der Waals surface area contributed by atoms with Crippen molar-refractivity contribution in [2.45, 2.75) is 23.5 Å². The molecule has 0 saturated heterocycles. The molecule has 6 heteroatoms. The number of nitrogens with two attached hydrogens (primary N) is 4. The van der Waals surface area contributed by atoms with Gasteiger partial charge >= 0.3 is 0 Å². The molecule has 0 aromatic rings. The van der Waals surface area contributed by atoms with Gasteiger partial charge in [0.25, 0.3) is 0 Å². The van der Waals surface area contributed by atoms with E-state index in [1.54, 1.807) is 24.3 Å². The smallest absolute Gasteiger partial charge is 0.114 e. The number of ether oxygens (including phenoxy) is 2. The standard InChI is InChI=1S/C14H22N4O2/c15-13(16)7-3-1-5-11(13)19-9-10-20-12-6-2-4-8-14(12,17)18/h1-8,11-12H,9-10,15-18H2. The molecule has 6 nitrogen and oxygen atoms in total. The van der Waals surface area contributed by atoms with E-state index in [0.717, 1.165) is 0 Å². The summed E-state index contributed by atoms with van der Waals surface area (Å²) in [6.45, 7) is 0.701. The minimum atomic E-state index is -0.992. The Hall–Kier alpha value is -1.28. The predicted octanol–water partition coefficient (Wildman–Crippen LogP) is -0.764. The Balaban J connectivity index is 1.75. The van der Waals surface area contributed by atoms with Crippen LogP contribution >= 0.6 is 0 Å². The zero-order valence-electron chi connectivity index (χ0n) is 11.3. The molecule has 2 aliphatic carbocycles. The van der Waals surface area contributed by atoms with Gasteiger partial charge in [0.2, 0.25) is 0 Å². The summed E-state index contributed by atoms with van der Waals surface area (Å²) < 4.78 is 11.2. The molecule has 0 radical (unpaired) electrons. The summed E-state index contributed by atoms with van der Waals surface area (Å²) in [5, 5.41) is 0. The molecule has 2 atom stereocenters. The highest BCUT2D eigenvalue weighted by molar-refractivity contribution is 5.24. The molecule has 2 unspecified atom stereocenters. The molecule has 0 aliphatic heterocycles. The van der Waals surface area contributed by atoms with Gasteiger partial charge in [0.05, 0.1) is 13.2 Å². The highest BCUT2D eigenvalue weighted by Crippen LogP contribution is 2.15. The number of allylic oxidation sites excluding steroid dienone is 4. The van der Waals surface area contributed by atoms with Crippen LogP contribution in [0.15, 0.2) is 48.6 Å². The third kappa shape index (κ3) is 3.63. The molecule has 0 saturated carbocycles. The molecule has 0 amide bonds. The molecule has 0 heterocycles. The third-order valence-corrected chi connectivity index (χ3v) is 3.23. The van der Waals surface area contributed by atoms with E-state index in [9.17, 15) is 0 Å². The van der Waals surface area contributed by atoms with Gasteiger partial charge in [-0.1, -0.05) is 36.5 Å². The van der Waals surface area contributed by atoms with E-state index in [0.29, 0.717) is 13.2 Å². The maximum atomic E-state index is 5.90. The quantitative estimate of drug-likeness (QED) is 0.387. The summed E-state index contributed by atoms with van der Waals surface area (Å²) >= 11 is 0. The van der Waals surface area contributed by atoms with Crippen molar-refractivity contribution < 1.29 is 9.47 Å². The molecule has 0 bridgehead atoms. The molecular formula is C14H22N4O2. The fourth-order valence-electron chi connectivity index (χ4n) is 2.05. The van der Waals surface area contributed by atoms with Gasteiger partial charge in [-0.3, -0.25) is 0 Å². The molecule has 0 aromatic carbocycles. The first-order chi connectivity index (χ1) is 9.42. The van der Waals surface area contributed by atoms with Crippen molar-refractivity contribution in [2.75, 3.05) is 13.2 Å². The van der Waals surface area contributed by atoms with Crippen molar-refractivity contribution in [3.8, 4) is 0 Å². The average molecular weight is 278 g/mol. The zero-order chi connectivity index (χ0) is 14.6. The highest BCUT2D eigenvalue weighted by atomic mass is 16.5. The normalized spacial score (nSPS) is 29.8. The van der Waals surface area contributed by atoms with Crippen LogP contribution in [0.1, 0.15) is 0 Å². The monoisotopic (exact) mass is 278 g/mol. The molecular weight excluding hydrogens is 256 g/mol. The van der Waals surface area contributed by atoms with Crippen LogP contribution in [0.25, 0.3) is 0 Å².